The Kier molecular flexibility index (Phi) is 4.69. The normalized spacial score (nSPS) is 19.2. The SMILES string of the molecule is CC(=O)N1CCCC(C(=O)Nc2nnc(C(C)C)s2)C1. The molecule has 6 nitrogen and oxygen atoms in total. The standard InChI is InChI=1S/C13H20N4O2S/c1-8(2)12-15-16-13(20-12)14-11(19)10-5-4-6-17(7-10)9(3)18/h8,10H,4-7H2,1-3H3,(H,14,16,19). The molecule has 2 amide bonds. The highest BCUT2D eigenvalue weighted by atomic mass is 32.1. The molecule has 1 unspecified atom stereocenters. The third-order valence-electron chi connectivity index (χ3n) is 3.40. The zero-order chi connectivity index (χ0) is 14.7. The van der Waals surface area contributed by atoms with Crippen molar-refractivity contribution in [3.05, 3.63) is 5.01 Å². The van der Waals surface area contributed by atoms with Crippen LogP contribution in [0.3, 0.4) is 0 Å². The first kappa shape index (κ1) is 14.9. The van der Waals surface area contributed by atoms with Crippen LogP contribution in [-0.4, -0.2) is 40.0 Å². The highest BCUT2D eigenvalue weighted by Crippen LogP contribution is 2.24. The van der Waals surface area contributed by atoms with Gasteiger partial charge in [0.25, 0.3) is 0 Å². The van der Waals surface area contributed by atoms with E-state index in [2.05, 4.69) is 15.5 Å². The first-order valence-electron chi connectivity index (χ1n) is 6.87. The second-order valence-electron chi connectivity index (χ2n) is 5.39. The first-order valence-corrected chi connectivity index (χ1v) is 7.68. The molecule has 1 saturated heterocycles. The number of amides is 2. The fourth-order valence-electron chi connectivity index (χ4n) is 2.20. The zero-order valence-corrected chi connectivity index (χ0v) is 12.9. The van der Waals surface area contributed by atoms with Crippen molar-refractivity contribution >= 4 is 28.3 Å². The Morgan fingerprint density at radius 2 is 2.15 bits per heavy atom. The van der Waals surface area contributed by atoms with Gasteiger partial charge in [0.05, 0.1) is 5.92 Å². The molecule has 2 heterocycles. The minimum atomic E-state index is -0.154. The Bertz CT molecular complexity index is 500. The monoisotopic (exact) mass is 296 g/mol. The Morgan fingerprint density at radius 3 is 2.75 bits per heavy atom. The molecule has 0 aromatic carbocycles. The summed E-state index contributed by atoms with van der Waals surface area (Å²) in [4.78, 5) is 25.3. The maximum absolute atomic E-state index is 12.2. The van der Waals surface area contributed by atoms with Gasteiger partial charge in [-0.05, 0) is 12.8 Å². The van der Waals surface area contributed by atoms with Gasteiger partial charge in [0, 0.05) is 25.9 Å². The van der Waals surface area contributed by atoms with Crippen molar-refractivity contribution in [3.63, 3.8) is 0 Å². The lowest BCUT2D eigenvalue weighted by atomic mass is 9.97. The molecule has 1 aromatic rings. The van der Waals surface area contributed by atoms with Gasteiger partial charge < -0.3 is 10.2 Å². The van der Waals surface area contributed by atoms with Crippen LogP contribution in [0.4, 0.5) is 5.13 Å². The van der Waals surface area contributed by atoms with Crippen LogP contribution in [0.1, 0.15) is 44.5 Å². The Hall–Kier alpha value is -1.50. The number of hydrogen-bond acceptors (Lipinski definition) is 5. The van der Waals surface area contributed by atoms with Gasteiger partial charge in [0.1, 0.15) is 5.01 Å². The fraction of sp³-hybridized carbons (Fsp3) is 0.692. The lowest BCUT2D eigenvalue weighted by Gasteiger charge is -2.30. The molecule has 20 heavy (non-hydrogen) atoms. The zero-order valence-electron chi connectivity index (χ0n) is 12.0. The van der Waals surface area contributed by atoms with Crippen LogP contribution in [0.2, 0.25) is 0 Å². The molecular formula is C13H20N4O2S. The number of anilines is 1. The van der Waals surface area contributed by atoms with Crippen molar-refractivity contribution in [1.29, 1.82) is 0 Å². The molecular weight excluding hydrogens is 276 g/mol. The minimum Gasteiger partial charge on any atom is -0.342 e. The van der Waals surface area contributed by atoms with Crippen LogP contribution in [-0.2, 0) is 9.59 Å². The van der Waals surface area contributed by atoms with Gasteiger partial charge in [-0.2, -0.15) is 0 Å². The molecule has 7 heteroatoms. The van der Waals surface area contributed by atoms with Gasteiger partial charge >= 0.3 is 0 Å². The summed E-state index contributed by atoms with van der Waals surface area (Å²) in [7, 11) is 0. The average Bonchev–Trinajstić information content (AvgIpc) is 2.87. The number of rotatable bonds is 3. The van der Waals surface area contributed by atoms with E-state index < -0.39 is 0 Å². The van der Waals surface area contributed by atoms with E-state index in [1.807, 2.05) is 13.8 Å². The molecule has 110 valence electrons. The number of nitrogens with zero attached hydrogens (tertiary/aromatic N) is 3. The highest BCUT2D eigenvalue weighted by Gasteiger charge is 2.27. The Morgan fingerprint density at radius 1 is 1.40 bits per heavy atom. The predicted molar refractivity (Wildman–Crippen MR) is 77.6 cm³/mol. The molecule has 0 aliphatic carbocycles. The smallest absolute Gasteiger partial charge is 0.231 e. The van der Waals surface area contributed by atoms with Gasteiger partial charge in [-0.25, -0.2) is 0 Å². The van der Waals surface area contributed by atoms with Crippen LogP contribution in [0.25, 0.3) is 0 Å². The molecule has 0 radical (unpaired) electrons. The van der Waals surface area contributed by atoms with E-state index in [1.165, 1.54) is 11.3 Å². The first-order chi connectivity index (χ1) is 9.47. The van der Waals surface area contributed by atoms with Crippen molar-refractivity contribution in [2.75, 3.05) is 18.4 Å². The third kappa shape index (κ3) is 3.53. The average molecular weight is 296 g/mol. The number of piperidine rings is 1. The van der Waals surface area contributed by atoms with Crippen LogP contribution >= 0.6 is 11.3 Å². The maximum atomic E-state index is 12.2. The van der Waals surface area contributed by atoms with E-state index in [0.29, 0.717) is 17.6 Å². The maximum Gasteiger partial charge on any atom is 0.231 e. The number of hydrogen-bond donors (Lipinski definition) is 1. The van der Waals surface area contributed by atoms with Crippen LogP contribution in [0.5, 0.6) is 0 Å². The summed E-state index contributed by atoms with van der Waals surface area (Å²) in [6, 6.07) is 0. The molecule has 1 aliphatic heterocycles. The van der Waals surface area contributed by atoms with Crippen LogP contribution in [0, 0.1) is 5.92 Å². The van der Waals surface area contributed by atoms with Crippen molar-refractivity contribution in [2.24, 2.45) is 5.92 Å². The summed E-state index contributed by atoms with van der Waals surface area (Å²) in [5.41, 5.74) is 0. The number of likely N-dealkylation sites (tertiary alicyclic amines) is 1. The summed E-state index contributed by atoms with van der Waals surface area (Å²) >= 11 is 1.41. The summed E-state index contributed by atoms with van der Waals surface area (Å²) in [6.07, 6.45) is 1.68. The summed E-state index contributed by atoms with van der Waals surface area (Å²) in [5, 5.41) is 12.3. The molecule has 0 bridgehead atoms. The second kappa shape index (κ2) is 6.30. The van der Waals surface area contributed by atoms with Crippen LogP contribution < -0.4 is 5.32 Å². The van der Waals surface area contributed by atoms with Crippen molar-refractivity contribution < 1.29 is 9.59 Å². The summed E-state index contributed by atoms with van der Waals surface area (Å²) in [6.45, 7) is 6.86. The molecule has 2 rings (SSSR count). The lowest BCUT2D eigenvalue weighted by Crippen LogP contribution is -2.42. The molecule has 1 N–H and O–H groups in total. The second-order valence-corrected chi connectivity index (χ2v) is 6.40. The van der Waals surface area contributed by atoms with Crippen molar-refractivity contribution in [3.8, 4) is 0 Å². The topological polar surface area (TPSA) is 75.2 Å². The van der Waals surface area contributed by atoms with Crippen molar-refractivity contribution in [1.82, 2.24) is 15.1 Å². The largest absolute Gasteiger partial charge is 0.342 e. The molecule has 1 atom stereocenters. The van der Waals surface area contributed by atoms with Gasteiger partial charge in [-0.3, -0.25) is 9.59 Å². The molecule has 1 aliphatic rings. The number of carbonyl (C=O) groups is 2. The van der Waals surface area contributed by atoms with E-state index >= 15 is 0 Å². The van der Waals surface area contributed by atoms with Crippen LogP contribution in [0.15, 0.2) is 0 Å². The molecule has 1 fully saturated rings. The number of aromatic nitrogens is 2. The number of nitrogens with one attached hydrogen (secondary N) is 1. The van der Waals surface area contributed by atoms with Gasteiger partial charge in [-0.15, -0.1) is 10.2 Å². The summed E-state index contributed by atoms with van der Waals surface area (Å²) in [5.74, 6) is 0.114. The Balaban J connectivity index is 1.95. The van der Waals surface area contributed by atoms with E-state index in [4.69, 9.17) is 0 Å². The highest BCUT2D eigenvalue weighted by molar-refractivity contribution is 7.15. The number of carbonyl (C=O) groups excluding carboxylic acids is 2. The minimum absolute atomic E-state index is 0.0282. The van der Waals surface area contributed by atoms with E-state index in [1.54, 1.807) is 11.8 Å². The van der Waals surface area contributed by atoms with Crippen molar-refractivity contribution in [2.45, 2.75) is 39.5 Å². The fourth-order valence-corrected chi connectivity index (χ4v) is 2.95. The van der Waals surface area contributed by atoms with E-state index in [-0.39, 0.29) is 17.7 Å². The molecule has 1 aromatic heterocycles. The van der Waals surface area contributed by atoms with E-state index in [9.17, 15) is 9.59 Å². The van der Waals surface area contributed by atoms with Gasteiger partial charge in [0.2, 0.25) is 16.9 Å². The van der Waals surface area contributed by atoms with E-state index in [0.717, 1.165) is 24.4 Å². The Labute approximate surface area is 122 Å². The van der Waals surface area contributed by atoms with Gasteiger partial charge in [-0.1, -0.05) is 25.2 Å². The quantitative estimate of drug-likeness (QED) is 0.923. The lowest BCUT2D eigenvalue weighted by molar-refractivity contribution is -0.132. The summed E-state index contributed by atoms with van der Waals surface area (Å²) < 4.78 is 0. The molecule has 0 spiro atoms. The predicted octanol–water partition coefficient (Wildman–Crippen LogP) is 1.86. The van der Waals surface area contributed by atoms with Gasteiger partial charge in [0.15, 0.2) is 0 Å². The third-order valence-corrected chi connectivity index (χ3v) is 4.54. The molecule has 0 saturated carbocycles.